The molecule has 0 aromatic rings. The Hall–Kier alpha value is 0.270. The molecule has 0 aromatic heterocycles. The number of rotatable bonds is 7. The monoisotopic (exact) mass is 258 g/mol. The van der Waals surface area contributed by atoms with Crippen LogP contribution in [-0.2, 0) is 0 Å². The van der Waals surface area contributed by atoms with Crippen LogP contribution in [0, 0.1) is 0 Å². The maximum atomic E-state index is 3.74. The van der Waals surface area contributed by atoms with E-state index in [1.54, 1.807) is 0 Å². The smallest absolute Gasteiger partial charge is 0.00797 e. The van der Waals surface area contributed by atoms with E-state index in [-0.39, 0.29) is 0 Å². The minimum absolute atomic E-state index is 0.718. The SMILES string of the molecule is CSCCCCNC1CCCN(C(C)C)CC1. The Morgan fingerprint density at radius 3 is 2.76 bits per heavy atom. The maximum Gasteiger partial charge on any atom is 0.00797 e. The Labute approximate surface area is 112 Å². The summed E-state index contributed by atoms with van der Waals surface area (Å²) in [5, 5.41) is 3.74. The molecule has 0 saturated carbocycles. The molecule has 102 valence electrons. The van der Waals surface area contributed by atoms with Gasteiger partial charge in [-0.3, -0.25) is 0 Å². The van der Waals surface area contributed by atoms with Crippen molar-refractivity contribution >= 4 is 11.8 Å². The number of thioether (sulfide) groups is 1. The molecule has 3 heteroatoms. The van der Waals surface area contributed by atoms with E-state index in [1.165, 1.54) is 57.5 Å². The van der Waals surface area contributed by atoms with Crippen molar-refractivity contribution in [3.8, 4) is 0 Å². The van der Waals surface area contributed by atoms with Gasteiger partial charge in [0.05, 0.1) is 0 Å². The Bertz CT molecular complexity index is 185. The van der Waals surface area contributed by atoms with Gasteiger partial charge in [0.15, 0.2) is 0 Å². The third-order valence-electron chi connectivity index (χ3n) is 3.70. The van der Waals surface area contributed by atoms with E-state index in [0.29, 0.717) is 0 Å². The fourth-order valence-corrected chi connectivity index (χ4v) is 3.01. The Kier molecular flexibility index (Phi) is 8.33. The fourth-order valence-electron chi connectivity index (χ4n) is 2.52. The summed E-state index contributed by atoms with van der Waals surface area (Å²) in [4.78, 5) is 2.62. The van der Waals surface area contributed by atoms with Gasteiger partial charge >= 0.3 is 0 Å². The van der Waals surface area contributed by atoms with E-state index in [9.17, 15) is 0 Å². The minimum atomic E-state index is 0.718. The van der Waals surface area contributed by atoms with Gasteiger partial charge in [-0.15, -0.1) is 0 Å². The lowest BCUT2D eigenvalue weighted by Gasteiger charge is -2.24. The summed E-state index contributed by atoms with van der Waals surface area (Å²) in [6, 6.07) is 1.49. The topological polar surface area (TPSA) is 15.3 Å². The van der Waals surface area contributed by atoms with Crippen molar-refractivity contribution in [3.63, 3.8) is 0 Å². The first kappa shape index (κ1) is 15.3. The molecule has 1 fully saturated rings. The van der Waals surface area contributed by atoms with Crippen LogP contribution < -0.4 is 5.32 Å². The summed E-state index contributed by atoms with van der Waals surface area (Å²) < 4.78 is 0. The largest absolute Gasteiger partial charge is 0.314 e. The minimum Gasteiger partial charge on any atom is -0.314 e. The quantitative estimate of drug-likeness (QED) is 0.707. The average Bonchev–Trinajstić information content (AvgIpc) is 2.54. The van der Waals surface area contributed by atoms with E-state index in [1.807, 2.05) is 11.8 Å². The highest BCUT2D eigenvalue weighted by Crippen LogP contribution is 2.13. The molecule has 17 heavy (non-hydrogen) atoms. The van der Waals surface area contributed by atoms with Gasteiger partial charge in [0.2, 0.25) is 0 Å². The average molecular weight is 258 g/mol. The maximum absolute atomic E-state index is 3.74. The lowest BCUT2D eigenvalue weighted by atomic mass is 10.1. The molecule has 2 nitrogen and oxygen atoms in total. The summed E-state index contributed by atoms with van der Waals surface area (Å²) in [5.41, 5.74) is 0. The molecule has 1 aliphatic heterocycles. The van der Waals surface area contributed by atoms with Crippen LogP contribution in [0.1, 0.15) is 46.0 Å². The van der Waals surface area contributed by atoms with Crippen molar-refractivity contribution < 1.29 is 0 Å². The highest BCUT2D eigenvalue weighted by Gasteiger charge is 2.17. The van der Waals surface area contributed by atoms with Crippen LogP contribution in [0.15, 0.2) is 0 Å². The second-order valence-corrected chi connectivity index (χ2v) is 6.40. The molecule has 0 bridgehead atoms. The van der Waals surface area contributed by atoms with Gasteiger partial charge < -0.3 is 10.2 Å². The summed E-state index contributed by atoms with van der Waals surface area (Å²) in [7, 11) is 0. The normalized spacial score (nSPS) is 22.9. The summed E-state index contributed by atoms with van der Waals surface area (Å²) in [5.74, 6) is 1.31. The van der Waals surface area contributed by atoms with Crippen molar-refractivity contribution in [1.29, 1.82) is 0 Å². The summed E-state index contributed by atoms with van der Waals surface area (Å²) in [6.07, 6.45) is 8.95. The van der Waals surface area contributed by atoms with Crippen molar-refractivity contribution in [2.24, 2.45) is 0 Å². The number of hydrogen-bond acceptors (Lipinski definition) is 3. The Morgan fingerprint density at radius 2 is 2.06 bits per heavy atom. The molecule has 0 spiro atoms. The van der Waals surface area contributed by atoms with Gasteiger partial charge in [-0.25, -0.2) is 0 Å². The molecule has 1 rings (SSSR count). The molecular formula is C14H30N2S. The van der Waals surface area contributed by atoms with Gasteiger partial charge in [0.1, 0.15) is 0 Å². The van der Waals surface area contributed by atoms with Crippen LogP contribution in [-0.4, -0.2) is 48.6 Å². The standard InChI is InChI=1S/C14H30N2S/c1-13(2)16-10-6-7-14(8-11-16)15-9-4-5-12-17-3/h13-15H,4-12H2,1-3H3. The number of unbranched alkanes of at least 4 members (excludes halogenated alkanes) is 1. The summed E-state index contributed by atoms with van der Waals surface area (Å²) in [6.45, 7) is 8.42. The van der Waals surface area contributed by atoms with E-state index in [4.69, 9.17) is 0 Å². The molecule has 0 radical (unpaired) electrons. The second kappa shape index (κ2) is 9.23. The number of nitrogens with zero attached hydrogens (tertiary/aromatic N) is 1. The van der Waals surface area contributed by atoms with Crippen LogP contribution in [0.5, 0.6) is 0 Å². The molecule has 1 N–H and O–H groups in total. The van der Waals surface area contributed by atoms with E-state index < -0.39 is 0 Å². The van der Waals surface area contributed by atoms with E-state index >= 15 is 0 Å². The van der Waals surface area contributed by atoms with Gasteiger partial charge in [-0.1, -0.05) is 0 Å². The first-order valence-corrected chi connectivity index (χ1v) is 8.59. The molecular weight excluding hydrogens is 228 g/mol. The first-order chi connectivity index (χ1) is 8.24. The third kappa shape index (κ3) is 6.68. The molecule has 0 amide bonds. The van der Waals surface area contributed by atoms with Gasteiger partial charge in [0.25, 0.3) is 0 Å². The number of nitrogens with one attached hydrogen (secondary N) is 1. The lowest BCUT2D eigenvalue weighted by Crippen LogP contribution is -2.34. The van der Waals surface area contributed by atoms with Crippen molar-refractivity contribution in [3.05, 3.63) is 0 Å². The van der Waals surface area contributed by atoms with Crippen LogP contribution in [0.4, 0.5) is 0 Å². The Morgan fingerprint density at radius 1 is 1.24 bits per heavy atom. The van der Waals surface area contributed by atoms with Crippen LogP contribution in [0.3, 0.4) is 0 Å². The number of likely N-dealkylation sites (tertiary alicyclic amines) is 1. The van der Waals surface area contributed by atoms with E-state index in [2.05, 4.69) is 30.3 Å². The highest BCUT2D eigenvalue weighted by atomic mass is 32.2. The van der Waals surface area contributed by atoms with Crippen molar-refractivity contribution in [2.75, 3.05) is 31.6 Å². The zero-order valence-electron chi connectivity index (χ0n) is 11.9. The lowest BCUT2D eigenvalue weighted by molar-refractivity contribution is 0.229. The predicted molar refractivity (Wildman–Crippen MR) is 80.0 cm³/mol. The van der Waals surface area contributed by atoms with Gasteiger partial charge in [-0.2, -0.15) is 11.8 Å². The molecule has 0 aromatic carbocycles. The first-order valence-electron chi connectivity index (χ1n) is 7.20. The summed E-state index contributed by atoms with van der Waals surface area (Å²) >= 11 is 1.96. The van der Waals surface area contributed by atoms with Gasteiger partial charge in [-0.05, 0) is 77.6 Å². The van der Waals surface area contributed by atoms with Crippen LogP contribution in [0.2, 0.25) is 0 Å². The molecule has 1 atom stereocenters. The highest BCUT2D eigenvalue weighted by molar-refractivity contribution is 7.98. The number of hydrogen-bond donors (Lipinski definition) is 1. The van der Waals surface area contributed by atoms with Crippen molar-refractivity contribution in [2.45, 2.75) is 58.0 Å². The molecule has 1 saturated heterocycles. The third-order valence-corrected chi connectivity index (χ3v) is 4.40. The predicted octanol–water partition coefficient (Wildman–Crippen LogP) is 2.98. The van der Waals surface area contributed by atoms with Crippen LogP contribution >= 0.6 is 11.8 Å². The molecule has 1 unspecified atom stereocenters. The molecule has 0 aliphatic carbocycles. The zero-order chi connectivity index (χ0) is 12.5. The van der Waals surface area contributed by atoms with Crippen molar-refractivity contribution in [1.82, 2.24) is 10.2 Å². The van der Waals surface area contributed by atoms with Crippen LogP contribution in [0.25, 0.3) is 0 Å². The second-order valence-electron chi connectivity index (χ2n) is 5.41. The Balaban J connectivity index is 2.09. The molecule has 1 aliphatic rings. The van der Waals surface area contributed by atoms with E-state index in [0.717, 1.165) is 12.1 Å². The molecule has 1 heterocycles. The fraction of sp³-hybridized carbons (Fsp3) is 1.00. The van der Waals surface area contributed by atoms with Gasteiger partial charge in [0, 0.05) is 12.1 Å². The zero-order valence-corrected chi connectivity index (χ0v) is 12.7.